The molecule has 4 aliphatic rings. The number of ether oxygens (including phenoxy) is 2. The maximum Gasteiger partial charge on any atom is 0.339 e. The Morgan fingerprint density at radius 1 is 1.43 bits per heavy atom. The lowest BCUT2D eigenvalue weighted by atomic mass is 9.62. The monoisotopic (exact) mass is 343 g/mol. The van der Waals surface area contributed by atoms with Gasteiger partial charge in [-0.25, -0.2) is 4.79 Å². The number of hydrogen-bond donors (Lipinski definition) is 2. The first-order valence-corrected chi connectivity index (χ1v) is 8.85. The van der Waals surface area contributed by atoms with E-state index in [0.29, 0.717) is 0 Å². The number of halogens is 1. The van der Waals surface area contributed by atoms with Crippen LogP contribution in [-0.4, -0.2) is 52.3 Å². The number of nitrogens with one attached hydrogen (secondary N) is 1. The van der Waals surface area contributed by atoms with Crippen molar-refractivity contribution in [1.82, 2.24) is 5.32 Å². The third kappa shape index (κ3) is 1.77. The largest absolute Gasteiger partial charge is 0.453 e. The van der Waals surface area contributed by atoms with Crippen LogP contribution in [0.2, 0.25) is 0 Å². The van der Waals surface area contributed by atoms with Gasteiger partial charge in [0.2, 0.25) is 11.4 Å². The van der Waals surface area contributed by atoms with Crippen LogP contribution in [-0.2, 0) is 19.1 Å². The lowest BCUT2D eigenvalue weighted by Crippen LogP contribution is -2.80. The van der Waals surface area contributed by atoms with Crippen LogP contribution in [0.25, 0.3) is 0 Å². The van der Waals surface area contributed by atoms with Crippen LogP contribution in [0.4, 0.5) is 0 Å². The predicted molar refractivity (Wildman–Crippen MR) is 80.8 cm³/mol. The average molecular weight is 344 g/mol. The molecule has 0 spiro atoms. The molecule has 2 unspecified atom stereocenters. The molecule has 6 nitrogen and oxygen atoms in total. The highest BCUT2D eigenvalue weighted by Crippen LogP contribution is 2.56. The summed E-state index contributed by atoms with van der Waals surface area (Å²) in [4.78, 5) is 24.9. The molecule has 1 aliphatic carbocycles. The average Bonchev–Trinajstić information content (AvgIpc) is 3.27. The van der Waals surface area contributed by atoms with E-state index >= 15 is 0 Å². The minimum absolute atomic E-state index is 0.00724. The molecule has 3 saturated heterocycles. The quantitative estimate of drug-likeness (QED) is 0.443. The number of rotatable bonds is 4. The molecular formula is C16H22ClNO5. The topological polar surface area (TPSA) is 88.2 Å². The summed E-state index contributed by atoms with van der Waals surface area (Å²) >= 11 is 5.93. The van der Waals surface area contributed by atoms with E-state index < -0.39 is 29.1 Å². The van der Waals surface area contributed by atoms with Crippen molar-refractivity contribution >= 4 is 23.5 Å². The van der Waals surface area contributed by atoms with Gasteiger partial charge in [0.25, 0.3) is 0 Å². The fourth-order valence-corrected chi connectivity index (χ4v) is 5.22. The number of fused-ring (bicyclic) bond motifs is 2. The summed E-state index contributed by atoms with van der Waals surface area (Å²) in [6.07, 6.45) is 1.93. The van der Waals surface area contributed by atoms with E-state index in [1.54, 1.807) is 6.92 Å². The van der Waals surface area contributed by atoms with Crippen LogP contribution in [0, 0.1) is 17.8 Å². The van der Waals surface area contributed by atoms with Crippen molar-refractivity contribution in [3.63, 3.8) is 0 Å². The molecule has 4 rings (SSSR count). The van der Waals surface area contributed by atoms with Crippen molar-refractivity contribution < 1.29 is 24.2 Å². The van der Waals surface area contributed by atoms with Crippen LogP contribution in [0.3, 0.4) is 0 Å². The molecule has 1 amide bonds. The zero-order valence-electron chi connectivity index (χ0n) is 13.3. The summed E-state index contributed by atoms with van der Waals surface area (Å²) in [5.41, 5.74) is -2.43. The first-order chi connectivity index (χ1) is 10.9. The van der Waals surface area contributed by atoms with Crippen molar-refractivity contribution in [1.29, 1.82) is 0 Å². The Kier molecular flexibility index (Phi) is 3.29. The molecule has 0 bridgehead atoms. The van der Waals surface area contributed by atoms with Gasteiger partial charge in [0.05, 0.1) is 24.2 Å². The Hall–Kier alpha value is -0.850. The number of epoxide rings is 1. The fraction of sp³-hybridized carbons (Fsp3) is 0.875. The highest BCUT2D eigenvalue weighted by atomic mass is 35.5. The van der Waals surface area contributed by atoms with Crippen molar-refractivity contribution in [2.75, 3.05) is 5.88 Å². The Labute approximate surface area is 139 Å². The Bertz CT molecular complexity index is 571. The predicted octanol–water partition coefficient (Wildman–Crippen LogP) is 0.590. The number of aliphatic hydroxyl groups is 1. The molecule has 23 heavy (non-hydrogen) atoms. The molecule has 4 fully saturated rings. The first-order valence-electron chi connectivity index (χ1n) is 8.31. The third-order valence-electron chi connectivity index (χ3n) is 6.34. The second-order valence-electron chi connectivity index (χ2n) is 7.58. The van der Waals surface area contributed by atoms with Crippen LogP contribution < -0.4 is 5.32 Å². The highest BCUT2D eigenvalue weighted by molar-refractivity contribution is 6.18. The Morgan fingerprint density at radius 2 is 2.17 bits per heavy atom. The van der Waals surface area contributed by atoms with Gasteiger partial charge in [-0.3, -0.25) is 4.79 Å². The molecule has 1 saturated carbocycles. The number of esters is 1. The molecule has 0 aromatic rings. The van der Waals surface area contributed by atoms with E-state index in [2.05, 4.69) is 5.32 Å². The van der Waals surface area contributed by atoms with Crippen LogP contribution in [0.1, 0.15) is 33.1 Å². The van der Waals surface area contributed by atoms with E-state index in [9.17, 15) is 14.7 Å². The van der Waals surface area contributed by atoms with E-state index in [1.165, 1.54) is 0 Å². The van der Waals surface area contributed by atoms with Gasteiger partial charge in [0.15, 0.2) is 5.60 Å². The molecule has 3 aliphatic heterocycles. The van der Waals surface area contributed by atoms with Crippen LogP contribution in [0.15, 0.2) is 0 Å². The maximum absolute atomic E-state index is 12.5. The fourth-order valence-electron chi connectivity index (χ4n) is 5.04. The maximum atomic E-state index is 12.5. The van der Waals surface area contributed by atoms with Gasteiger partial charge >= 0.3 is 5.97 Å². The summed E-state index contributed by atoms with van der Waals surface area (Å²) in [5, 5.41) is 13.8. The molecule has 128 valence electrons. The number of hydrogen-bond acceptors (Lipinski definition) is 5. The molecule has 8 atom stereocenters. The van der Waals surface area contributed by atoms with Crippen LogP contribution >= 0.6 is 11.6 Å². The normalized spacial score (nSPS) is 50.1. The smallest absolute Gasteiger partial charge is 0.339 e. The lowest BCUT2D eigenvalue weighted by molar-refractivity contribution is -0.242. The molecule has 7 heteroatoms. The van der Waals surface area contributed by atoms with Crippen molar-refractivity contribution in [2.45, 2.75) is 62.6 Å². The number of amides is 1. The first kappa shape index (κ1) is 15.7. The highest BCUT2D eigenvalue weighted by Gasteiger charge is 2.81. The minimum atomic E-state index is -1.37. The number of carbonyl (C=O) groups excluding carboxylic acids is 2. The zero-order chi connectivity index (χ0) is 16.6. The van der Waals surface area contributed by atoms with Crippen molar-refractivity contribution in [2.24, 2.45) is 17.8 Å². The van der Waals surface area contributed by atoms with Gasteiger partial charge < -0.3 is 19.9 Å². The van der Waals surface area contributed by atoms with Gasteiger partial charge in [-0.1, -0.05) is 13.3 Å². The number of aliphatic hydroxyl groups excluding tert-OH is 1. The van der Waals surface area contributed by atoms with E-state index in [1.807, 2.05) is 6.92 Å². The molecule has 2 N–H and O–H groups in total. The number of carbonyl (C=O) groups is 2. The van der Waals surface area contributed by atoms with Crippen LogP contribution in [0.5, 0.6) is 0 Å². The summed E-state index contributed by atoms with van der Waals surface area (Å²) < 4.78 is 11.1. The minimum Gasteiger partial charge on any atom is -0.453 e. The van der Waals surface area contributed by atoms with E-state index in [0.717, 1.165) is 19.3 Å². The Balaban J connectivity index is 1.68. The van der Waals surface area contributed by atoms with E-state index in [4.69, 9.17) is 21.1 Å². The number of alkyl halides is 1. The molecule has 0 aromatic carbocycles. The second-order valence-corrected chi connectivity index (χ2v) is 7.89. The standard InChI is InChI=1S/C16H22ClNO5/c1-7(6-17)10-13(20)18-16(14(21)23-15(10,16)2)12(19)8-4-3-5-9-11(8)22-9/h7-12,19H,3-6H2,1-2H3,(H,18,20)/t7-,8+,9?,10+,11?,12+,15+,16+/m1/s1. The second kappa shape index (κ2) is 4.83. The van der Waals surface area contributed by atoms with Gasteiger partial charge in [-0.2, -0.15) is 0 Å². The van der Waals surface area contributed by atoms with Gasteiger partial charge in [0.1, 0.15) is 0 Å². The van der Waals surface area contributed by atoms with Gasteiger partial charge in [-0.05, 0) is 25.7 Å². The third-order valence-corrected chi connectivity index (χ3v) is 6.82. The summed E-state index contributed by atoms with van der Waals surface area (Å²) in [7, 11) is 0. The van der Waals surface area contributed by atoms with Gasteiger partial charge in [-0.15, -0.1) is 11.6 Å². The molecule has 0 aromatic heterocycles. The zero-order valence-corrected chi connectivity index (χ0v) is 14.0. The molecule has 3 heterocycles. The summed E-state index contributed by atoms with van der Waals surface area (Å²) in [6, 6.07) is 0. The lowest BCUT2D eigenvalue weighted by Gasteiger charge is -2.55. The van der Waals surface area contributed by atoms with Crippen molar-refractivity contribution in [3.8, 4) is 0 Å². The summed E-state index contributed by atoms with van der Waals surface area (Å²) in [5.74, 6) is -1.38. The summed E-state index contributed by atoms with van der Waals surface area (Å²) in [6.45, 7) is 3.59. The molecular weight excluding hydrogens is 322 g/mol. The van der Waals surface area contributed by atoms with Gasteiger partial charge in [0, 0.05) is 11.8 Å². The Morgan fingerprint density at radius 3 is 2.83 bits per heavy atom. The van der Waals surface area contributed by atoms with Crippen molar-refractivity contribution in [3.05, 3.63) is 0 Å². The SMILES string of the molecule is C[C@H](CCl)[C@H]1C(=O)N[C@@]2([C@@H](O)[C@H]3CCCC4OC43)C(=O)O[C@@]12C. The van der Waals surface area contributed by atoms with E-state index in [-0.39, 0.29) is 35.8 Å². The molecule has 0 radical (unpaired) electrons.